The van der Waals surface area contributed by atoms with Crippen molar-refractivity contribution in [2.75, 3.05) is 20.0 Å². The number of hydrogen-bond donors (Lipinski definition) is 1. The molecule has 0 saturated carbocycles. The quantitative estimate of drug-likeness (QED) is 0.349. The van der Waals surface area contributed by atoms with Crippen molar-refractivity contribution in [3.8, 4) is 17.2 Å². The highest BCUT2D eigenvalue weighted by Gasteiger charge is 2.17. The van der Waals surface area contributed by atoms with Crippen LogP contribution in [0.4, 0.5) is 0 Å². The fourth-order valence-corrected chi connectivity index (χ4v) is 4.33. The fraction of sp³-hybridized carbons (Fsp3) is 0.400. The van der Waals surface area contributed by atoms with Crippen LogP contribution in [0.2, 0.25) is 0 Å². The van der Waals surface area contributed by atoms with Crippen molar-refractivity contribution >= 4 is 28.6 Å². The smallest absolute Gasteiger partial charge is 0.266 e. The molecule has 176 valence electrons. The Balaban J connectivity index is 1.93. The van der Waals surface area contributed by atoms with Crippen molar-refractivity contribution in [3.63, 3.8) is 0 Å². The molecule has 1 N–H and O–H groups in total. The third-order valence-electron chi connectivity index (χ3n) is 5.29. The number of ether oxygens (including phenoxy) is 2. The Kier molecular flexibility index (Phi) is 8.38. The van der Waals surface area contributed by atoms with Crippen molar-refractivity contribution in [3.05, 3.63) is 52.8 Å². The van der Waals surface area contributed by atoms with Crippen LogP contribution in [-0.4, -0.2) is 41.5 Å². The van der Waals surface area contributed by atoms with Gasteiger partial charge >= 0.3 is 0 Å². The molecule has 3 aromatic rings. The van der Waals surface area contributed by atoms with Crippen molar-refractivity contribution in [2.24, 2.45) is 5.92 Å². The average molecular weight is 470 g/mol. The second kappa shape index (κ2) is 11.2. The number of aromatic nitrogens is 2. The van der Waals surface area contributed by atoms with Crippen molar-refractivity contribution in [1.82, 2.24) is 14.9 Å². The van der Waals surface area contributed by atoms with Crippen molar-refractivity contribution < 1.29 is 14.3 Å². The first-order chi connectivity index (χ1) is 15.8. The van der Waals surface area contributed by atoms with Gasteiger partial charge in [0.2, 0.25) is 5.91 Å². The zero-order valence-corrected chi connectivity index (χ0v) is 20.6. The number of hydrogen-bond acceptors (Lipinski definition) is 6. The minimum Gasteiger partial charge on any atom is -0.493 e. The summed E-state index contributed by atoms with van der Waals surface area (Å²) in [7, 11) is 3.10. The maximum Gasteiger partial charge on any atom is 0.266 e. The maximum absolute atomic E-state index is 13.4. The first kappa shape index (κ1) is 24.6. The summed E-state index contributed by atoms with van der Waals surface area (Å²) in [6.07, 6.45) is 1.98. The number of thioether (sulfide) groups is 1. The molecule has 0 saturated heterocycles. The molecule has 0 aliphatic heterocycles. The summed E-state index contributed by atoms with van der Waals surface area (Å²) in [4.78, 5) is 30.7. The summed E-state index contributed by atoms with van der Waals surface area (Å²) >= 11 is 1.24. The first-order valence-corrected chi connectivity index (χ1v) is 12.0. The summed E-state index contributed by atoms with van der Waals surface area (Å²) in [5.41, 5.74) is 0.970. The highest BCUT2D eigenvalue weighted by Crippen LogP contribution is 2.30. The van der Waals surface area contributed by atoms with Gasteiger partial charge in [-0.3, -0.25) is 14.2 Å². The second-order valence-corrected chi connectivity index (χ2v) is 9.26. The van der Waals surface area contributed by atoms with Gasteiger partial charge in [-0.1, -0.05) is 37.7 Å². The topological polar surface area (TPSA) is 82.5 Å². The molecule has 2 aromatic carbocycles. The van der Waals surface area contributed by atoms with Gasteiger partial charge < -0.3 is 14.8 Å². The Labute approximate surface area is 198 Å². The number of amides is 1. The lowest BCUT2D eigenvalue weighted by molar-refractivity contribution is -0.119. The van der Waals surface area contributed by atoms with Crippen LogP contribution in [0.1, 0.15) is 33.6 Å². The van der Waals surface area contributed by atoms with Gasteiger partial charge in [-0.25, -0.2) is 4.98 Å². The van der Waals surface area contributed by atoms with E-state index in [0.29, 0.717) is 39.2 Å². The molecule has 3 rings (SSSR count). The minimum atomic E-state index is -0.207. The number of benzene rings is 2. The molecule has 1 unspecified atom stereocenters. The number of rotatable bonds is 10. The number of nitrogens with one attached hydrogen (secondary N) is 1. The Hall–Kier alpha value is -3.00. The predicted octanol–water partition coefficient (Wildman–Crippen LogP) is 4.44. The molecule has 0 aliphatic carbocycles. The normalized spacial score (nSPS) is 12.1. The van der Waals surface area contributed by atoms with Crippen LogP contribution in [0.25, 0.3) is 16.6 Å². The fourth-order valence-electron chi connectivity index (χ4n) is 3.50. The van der Waals surface area contributed by atoms with Gasteiger partial charge in [-0.15, -0.1) is 0 Å². The van der Waals surface area contributed by atoms with Gasteiger partial charge in [0.1, 0.15) is 0 Å². The van der Waals surface area contributed by atoms with E-state index in [-0.39, 0.29) is 23.3 Å². The number of methoxy groups -OCH3 is 2. The molecule has 0 fully saturated rings. The van der Waals surface area contributed by atoms with Gasteiger partial charge in [0, 0.05) is 12.1 Å². The van der Waals surface area contributed by atoms with Crippen LogP contribution >= 0.6 is 11.8 Å². The number of carbonyl (C=O) groups excluding carboxylic acids is 1. The number of fused-ring (bicyclic) bond motifs is 1. The number of carbonyl (C=O) groups is 1. The molecule has 8 heteroatoms. The van der Waals surface area contributed by atoms with E-state index in [1.807, 2.05) is 19.1 Å². The van der Waals surface area contributed by atoms with Crippen LogP contribution < -0.4 is 20.3 Å². The largest absolute Gasteiger partial charge is 0.493 e. The van der Waals surface area contributed by atoms with Gasteiger partial charge in [0.05, 0.1) is 36.6 Å². The lowest BCUT2D eigenvalue weighted by Crippen LogP contribution is -2.34. The maximum atomic E-state index is 13.4. The molecule has 0 spiro atoms. The van der Waals surface area contributed by atoms with Gasteiger partial charge in [0.15, 0.2) is 16.7 Å². The van der Waals surface area contributed by atoms with Crippen molar-refractivity contribution in [2.45, 2.75) is 44.8 Å². The average Bonchev–Trinajstić information content (AvgIpc) is 2.81. The van der Waals surface area contributed by atoms with Crippen LogP contribution in [0.3, 0.4) is 0 Å². The van der Waals surface area contributed by atoms with E-state index in [2.05, 4.69) is 19.2 Å². The third kappa shape index (κ3) is 6.07. The SMILES string of the molecule is COc1ccc(-n2c(SCC(=O)NC(C)CCC(C)C)nc3ccccc3c2=O)cc1OC. The molecule has 0 bridgehead atoms. The number of nitrogens with zero attached hydrogens (tertiary/aromatic N) is 2. The molecule has 33 heavy (non-hydrogen) atoms. The van der Waals surface area contributed by atoms with Crippen molar-refractivity contribution in [1.29, 1.82) is 0 Å². The van der Waals surface area contributed by atoms with E-state index in [1.54, 1.807) is 44.6 Å². The zero-order valence-electron chi connectivity index (χ0n) is 19.8. The molecule has 1 heterocycles. The monoisotopic (exact) mass is 469 g/mol. The molecular formula is C25H31N3O4S. The molecule has 0 aliphatic rings. The Morgan fingerprint density at radius 2 is 1.79 bits per heavy atom. The van der Waals surface area contributed by atoms with E-state index in [9.17, 15) is 9.59 Å². The molecule has 7 nitrogen and oxygen atoms in total. The van der Waals surface area contributed by atoms with Gasteiger partial charge in [-0.2, -0.15) is 0 Å². The Bertz CT molecular complexity index is 1180. The Morgan fingerprint density at radius 1 is 1.06 bits per heavy atom. The van der Waals surface area contributed by atoms with Crippen LogP contribution in [0.15, 0.2) is 52.4 Å². The minimum absolute atomic E-state index is 0.0856. The van der Waals surface area contributed by atoms with Crippen LogP contribution in [0.5, 0.6) is 11.5 Å². The van der Waals surface area contributed by atoms with Crippen LogP contribution in [-0.2, 0) is 4.79 Å². The Morgan fingerprint density at radius 3 is 2.48 bits per heavy atom. The molecule has 1 atom stereocenters. The zero-order chi connectivity index (χ0) is 24.0. The first-order valence-electron chi connectivity index (χ1n) is 11.0. The third-order valence-corrected chi connectivity index (χ3v) is 6.23. The van der Waals surface area contributed by atoms with Gasteiger partial charge in [-0.05, 0) is 49.9 Å². The summed E-state index contributed by atoms with van der Waals surface area (Å²) < 4.78 is 12.3. The van der Waals surface area contributed by atoms with E-state index in [4.69, 9.17) is 14.5 Å². The lowest BCUT2D eigenvalue weighted by atomic mass is 10.0. The predicted molar refractivity (Wildman–Crippen MR) is 133 cm³/mol. The van der Waals surface area contributed by atoms with E-state index < -0.39 is 0 Å². The van der Waals surface area contributed by atoms with Gasteiger partial charge in [0.25, 0.3) is 5.56 Å². The second-order valence-electron chi connectivity index (χ2n) is 8.32. The van der Waals surface area contributed by atoms with E-state index in [0.717, 1.165) is 12.8 Å². The molecule has 1 aromatic heterocycles. The highest BCUT2D eigenvalue weighted by atomic mass is 32.2. The molecule has 0 radical (unpaired) electrons. The molecule has 1 amide bonds. The summed E-state index contributed by atoms with van der Waals surface area (Å²) in [6, 6.07) is 12.5. The summed E-state index contributed by atoms with van der Waals surface area (Å²) in [5.74, 6) is 1.73. The summed E-state index contributed by atoms with van der Waals surface area (Å²) in [5, 5.41) is 3.98. The van der Waals surface area contributed by atoms with E-state index in [1.165, 1.54) is 16.3 Å². The standard InChI is InChI=1S/C25H31N3O4S/c1-16(2)10-11-17(3)26-23(29)15-33-25-27-20-9-7-6-8-19(20)24(30)28(25)18-12-13-21(31-4)22(14-18)32-5/h6-9,12-14,16-17H,10-11,15H2,1-5H3,(H,26,29). The van der Waals surface area contributed by atoms with Crippen LogP contribution in [0, 0.1) is 5.92 Å². The summed E-state index contributed by atoms with van der Waals surface area (Å²) in [6.45, 7) is 6.35. The van der Waals surface area contributed by atoms with E-state index >= 15 is 0 Å². The number of para-hydroxylation sites is 1. The molecular weight excluding hydrogens is 438 g/mol. The lowest BCUT2D eigenvalue weighted by Gasteiger charge is -2.17. The highest BCUT2D eigenvalue weighted by molar-refractivity contribution is 7.99.